The first-order chi connectivity index (χ1) is 5.43. The molecule has 0 atom stereocenters. The minimum absolute atomic E-state index is 1.04. The van der Waals surface area contributed by atoms with Crippen molar-refractivity contribution in [3.8, 4) is 0 Å². The zero-order chi connectivity index (χ0) is 8.53. The van der Waals surface area contributed by atoms with Crippen LogP contribution in [-0.4, -0.2) is 10.2 Å². The zero-order valence-corrected chi connectivity index (χ0v) is 7.54. The van der Waals surface area contributed by atoms with Gasteiger partial charge in [0, 0.05) is 6.20 Å². The van der Waals surface area contributed by atoms with Crippen molar-refractivity contribution in [3.05, 3.63) is 24.0 Å². The minimum Gasteiger partial charge on any atom is -0.159 e. The molecule has 0 fully saturated rings. The van der Waals surface area contributed by atoms with Gasteiger partial charge in [-0.1, -0.05) is 27.2 Å². The number of hydrogen-bond acceptors (Lipinski definition) is 2. The first-order valence-electron chi connectivity index (χ1n) is 4.20. The van der Waals surface area contributed by atoms with Crippen LogP contribution in [0.2, 0.25) is 0 Å². The third kappa shape index (κ3) is 4.48. The monoisotopic (exact) mass is 152 g/mol. The summed E-state index contributed by atoms with van der Waals surface area (Å²) in [4.78, 5) is 0. The third-order valence-corrected chi connectivity index (χ3v) is 1.13. The van der Waals surface area contributed by atoms with Crippen molar-refractivity contribution in [3.63, 3.8) is 0 Å². The zero-order valence-electron chi connectivity index (χ0n) is 7.54. The highest BCUT2D eigenvalue weighted by Gasteiger charge is 1.87. The first-order valence-corrected chi connectivity index (χ1v) is 4.20. The number of aromatic nitrogens is 2. The highest BCUT2D eigenvalue weighted by atomic mass is 15.1. The maximum Gasteiger partial charge on any atom is 0.0631 e. The SMILES string of the molecule is CC.CCCc1cccnn1. The normalized spacial score (nSPS) is 8.27. The molecule has 2 nitrogen and oxygen atoms in total. The van der Waals surface area contributed by atoms with Crippen molar-refractivity contribution in [1.82, 2.24) is 10.2 Å². The molecule has 0 aliphatic rings. The summed E-state index contributed by atoms with van der Waals surface area (Å²) < 4.78 is 0. The van der Waals surface area contributed by atoms with E-state index in [2.05, 4.69) is 17.1 Å². The second kappa shape index (κ2) is 7.19. The van der Waals surface area contributed by atoms with E-state index in [9.17, 15) is 0 Å². The molecule has 0 amide bonds. The van der Waals surface area contributed by atoms with Crippen LogP contribution in [-0.2, 0) is 6.42 Å². The average molecular weight is 152 g/mol. The Morgan fingerprint density at radius 3 is 2.55 bits per heavy atom. The van der Waals surface area contributed by atoms with Crippen molar-refractivity contribution in [2.45, 2.75) is 33.6 Å². The van der Waals surface area contributed by atoms with Crippen LogP contribution in [0, 0.1) is 0 Å². The van der Waals surface area contributed by atoms with E-state index >= 15 is 0 Å². The molecule has 1 aromatic rings. The molecule has 1 rings (SSSR count). The molecule has 1 aromatic heterocycles. The Morgan fingerprint density at radius 1 is 1.36 bits per heavy atom. The van der Waals surface area contributed by atoms with Crippen molar-refractivity contribution < 1.29 is 0 Å². The Bertz CT molecular complexity index is 160. The molecule has 1 heterocycles. The minimum atomic E-state index is 1.04. The van der Waals surface area contributed by atoms with Crippen LogP contribution in [0.3, 0.4) is 0 Å². The van der Waals surface area contributed by atoms with Gasteiger partial charge in [0.25, 0.3) is 0 Å². The highest BCUT2D eigenvalue weighted by Crippen LogP contribution is 1.94. The number of nitrogens with zero attached hydrogens (tertiary/aromatic N) is 2. The van der Waals surface area contributed by atoms with Gasteiger partial charge in [0.1, 0.15) is 0 Å². The largest absolute Gasteiger partial charge is 0.159 e. The Kier molecular flexibility index (Phi) is 6.59. The first kappa shape index (κ1) is 10.1. The maximum absolute atomic E-state index is 3.92. The fourth-order valence-corrected chi connectivity index (χ4v) is 0.723. The molecule has 0 unspecified atom stereocenters. The van der Waals surface area contributed by atoms with Gasteiger partial charge < -0.3 is 0 Å². The second-order valence-corrected chi connectivity index (χ2v) is 1.96. The van der Waals surface area contributed by atoms with Crippen LogP contribution >= 0.6 is 0 Å². The summed E-state index contributed by atoms with van der Waals surface area (Å²) in [6.45, 7) is 6.13. The third-order valence-electron chi connectivity index (χ3n) is 1.13. The maximum atomic E-state index is 3.92. The van der Waals surface area contributed by atoms with E-state index < -0.39 is 0 Å². The predicted molar refractivity (Wildman–Crippen MR) is 47.4 cm³/mol. The quantitative estimate of drug-likeness (QED) is 0.650. The summed E-state index contributed by atoms with van der Waals surface area (Å²) in [6, 6.07) is 3.91. The Labute approximate surface area is 68.7 Å². The molecule has 11 heavy (non-hydrogen) atoms. The molecule has 0 spiro atoms. The number of rotatable bonds is 2. The lowest BCUT2D eigenvalue weighted by molar-refractivity contribution is 0.838. The molecule has 0 aromatic carbocycles. The van der Waals surface area contributed by atoms with Gasteiger partial charge in [-0.3, -0.25) is 0 Å². The standard InChI is InChI=1S/C7H10N2.C2H6/c1-2-4-7-5-3-6-8-9-7;1-2/h3,5-6H,2,4H2,1H3;1-2H3. The van der Waals surface area contributed by atoms with Crippen molar-refractivity contribution >= 4 is 0 Å². The van der Waals surface area contributed by atoms with E-state index in [1.165, 1.54) is 0 Å². The molecule has 0 N–H and O–H groups in total. The topological polar surface area (TPSA) is 25.8 Å². The van der Waals surface area contributed by atoms with E-state index in [1.807, 2.05) is 26.0 Å². The van der Waals surface area contributed by atoms with E-state index in [0.717, 1.165) is 18.5 Å². The summed E-state index contributed by atoms with van der Waals surface area (Å²) in [5, 5.41) is 7.67. The van der Waals surface area contributed by atoms with Gasteiger partial charge in [-0.2, -0.15) is 10.2 Å². The molecule has 62 valence electrons. The lowest BCUT2D eigenvalue weighted by Crippen LogP contribution is -1.88. The second-order valence-electron chi connectivity index (χ2n) is 1.96. The van der Waals surface area contributed by atoms with Gasteiger partial charge in [0.15, 0.2) is 0 Å². The van der Waals surface area contributed by atoms with Crippen LogP contribution < -0.4 is 0 Å². The molecule has 0 aliphatic carbocycles. The van der Waals surface area contributed by atoms with Crippen molar-refractivity contribution in [2.75, 3.05) is 0 Å². The Hall–Kier alpha value is -0.920. The smallest absolute Gasteiger partial charge is 0.0631 e. The van der Waals surface area contributed by atoms with Crippen molar-refractivity contribution in [1.29, 1.82) is 0 Å². The van der Waals surface area contributed by atoms with Gasteiger partial charge in [-0.05, 0) is 18.6 Å². The Morgan fingerprint density at radius 2 is 2.09 bits per heavy atom. The average Bonchev–Trinajstić information content (AvgIpc) is 2.11. The predicted octanol–water partition coefficient (Wildman–Crippen LogP) is 2.46. The summed E-state index contributed by atoms with van der Waals surface area (Å²) in [5.41, 5.74) is 1.08. The molecule has 0 saturated heterocycles. The van der Waals surface area contributed by atoms with Gasteiger partial charge in [0.2, 0.25) is 0 Å². The summed E-state index contributed by atoms with van der Waals surface area (Å²) in [5.74, 6) is 0. The highest BCUT2D eigenvalue weighted by molar-refractivity contribution is 4.98. The van der Waals surface area contributed by atoms with E-state index in [4.69, 9.17) is 0 Å². The van der Waals surface area contributed by atoms with E-state index in [-0.39, 0.29) is 0 Å². The molecule has 0 aliphatic heterocycles. The lowest BCUT2D eigenvalue weighted by Gasteiger charge is -1.91. The lowest BCUT2D eigenvalue weighted by atomic mass is 10.2. The van der Waals surface area contributed by atoms with E-state index in [0.29, 0.717) is 0 Å². The molecule has 0 bridgehead atoms. The van der Waals surface area contributed by atoms with Crippen LogP contribution in [0.15, 0.2) is 18.3 Å². The van der Waals surface area contributed by atoms with E-state index in [1.54, 1.807) is 6.20 Å². The summed E-state index contributed by atoms with van der Waals surface area (Å²) in [7, 11) is 0. The Balaban J connectivity index is 0.000000461. The van der Waals surface area contributed by atoms with Gasteiger partial charge >= 0.3 is 0 Å². The molecular formula is C9H16N2. The number of aryl methyl sites for hydroxylation is 1. The van der Waals surface area contributed by atoms with Crippen LogP contribution in [0.25, 0.3) is 0 Å². The molecule has 0 radical (unpaired) electrons. The fourth-order valence-electron chi connectivity index (χ4n) is 0.723. The van der Waals surface area contributed by atoms with Crippen LogP contribution in [0.4, 0.5) is 0 Å². The molecular weight excluding hydrogens is 136 g/mol. The van der Waals surface area contributed by atoms with Crippen LogP contribution in [0.5, 0.6) is 0 Å². The summed E-state index contributed by atoms with van der Waals surface area (Å²) >= 11 is 0. The van der Waals surface area contributed by atoms with Gasteiger partial charge in [-0.15, -0.1) is 0 Å². The molecule has 2 heteroatoms. The number of hydrogen-bond donors (Lipinski definition) is 0. The van der Waals surface area contributed by atoms with Crippen LogP contribution in [0.1, 0.15) is 32.9 Å². The summed E-state index contributed by atoms with van der Waals surface area (Å²) in [6.07, 6.45) is 3.87. The van der Waals surface area contributed by atoms with Crippen molar-refractivity contribution in [2.24, 2.45) is 0 Å². The van der Waals surface area contributed by atoms with Gasteiger partial charge in [0.05, 0.1) is 5.69 Å². The molecule has 0 saturated carbocycles. The fraction of sp³-hybridized carbons (Fsp3) is 0.556. The van der Waals surface area contributed by atoms with Gasteiger partial charge in [-0.25, -0.2) is 0 Å².